The standard InChI is InChI=1S/C18H14Si2/c19-7-5-13-1-3-15-11-18-10-14(6-8-20)2-4-16(18)12-17(15)9-13/h1-4,9-12H,19-20H3. The summed E-state index contributed by atoms with van der Waals surface area (Å²) in [6.07, 6.45) is 0. The van der Waals surface area contributed by atoms with Crippen LogP contribution in [0, 0.1) is 22.9 Å². The predicted octanol–water partition coefficient (Wildman–Crippen LogP) is 1.34. The van der Waals surface area contributed by atoms with Crippen LogP contribution in [-0.4, -0.2) is 20.5 Å². The summed E-state index contributed by atoms with van der Waals surface area (Å²) >= 11 is 0. The van der Waals surface area contributed by atoms with Crippen LogP contribution in [0.15, 0.2) is 48.5 Å². The lowest BCUT2D eigenvalue weighted by Crippen LogP contribution is -1.81. The molecule has 0 aliphatic heterocycles. The molecule has 0 heterocycles. The van der Waals surface area contributed by atoms with Crippen LogP contribution in [0.25, 0.3) is 21.5 Å². The third-order valence-electron chi connectivity index (χ3n) is 3.33. The molecule has 20 heavy (non-hydrogen) atoms. The Morgan fingerprint density at radius 2 is 1.00 bits per heavy atom. The summed E-state index contributed by atoms with van der Waals surface area (Å²) < 4.78 is 0. The van der Waals surface area contributed by atoms with E-state index in [0.717, 1.165) is 31.6 Å². The summed E-state index contributed by atoms with van der Waals surface area (Å²) in [6.45, 7) is 0. The Labute approximate surface area is 125 Å². The first-order valence-corrected chi connectivity index (χ1v) is 8.63. The number of benzene rings is 3. The molecule has 3 aromatic rings. The van der Waals surface area contributed by atoms with E-state index in [4.69, 9.17) is 0 Å². The first-order valence-electron chi connectivity index (χ1n) is 6.63. The van der Waals surface area contributed by atoms with Crippen LogP contribution in [0.1, 0.15) is 11.1 Å². The highest BCUT2D eigenvalue weighted by Gasteiger charge is 2.00. The highest BCUT2D eigenvalue weighted by atomic mass is 28.1. The van der Waals surface area contributed by atoms with Crippen molar-refractivity contribution in [1.29, 1.82) is 0 Å². The summed E-state index contributed by atoms with van der Waals surface area (Å²) in [5.74, 6) is 6.34. The second-order valence-electron chi connectivity index (χ2n) is 4.73. The largest absolute Gasteiger partial charge is 0.138 e. The van der Waals surface area contributed by atoms with Crippen molar-refractivity contribution in [2.24, 2.45) is 0 Å². The van der Waals surface area contributed by atoms with E-state index in [9.17, 15) is 0 Å². The molecule has 94 valence electrons. The molecule has 0 atom stereocenters. The fraction of sp³-hybridized carbons (Fsp3) is 0. The molecular formula is C18H14Si2. The van der Waals surface area contributed by atoms with Gasteiger partial charge in [0.05, 0.1) is 20.5 Å². The van der Waals surface area contributed by atoms with Gasteiger partial charge in [-0.05, 0) is 57.9 Å². The lowest BCUT2D eigenvalue weighted by Gasteiger charge is -2.04. The van der Waals surface area contributed by atoms with Gasteiger partial charge in [-0.15, -0.1) is 11.1 Å². The van der Waals surface area contributed by atoms with Crippen LogP contribution in [0.2, 0.25) is 0 Å². The molecule has 0 N–H and O–H groups in total. The maximum Gasteiger partial charge on any atom is 0.0911 e. The first-order chi connectivity index (χ1) is 9.80. The van der Waals surface area contributed by atoms with Gasteiger partial charge in [-0.3, -0.25) is 0 Å². The minimum Gasteiger partial charge on any atom is -0.138 e. The zero-order valence-electron chi connectivity index (χ0n) is 11.6. The van der Waals surface area contributed by atoms with Gasteiger partial charge in [0, 0.05) is 11.1 Å². The molecule has 0 unspecified atom stereocenters. The summed E-state index contributed by atoms with van der Waals surface area (Å²) in [4.78, 5) is 0. The van der Waals surface area contributed by atoms with Gasteiger partial charge in [0.1, 0.15) is 0 Å². The molecular weight excluding hydrogens is 272 g/mol. The number of hydrogen-bond acceptors (Lipinski definition) is 0. The van der Waals surface area contributed by atoms with Crippen LogP contribution in [0.5, 0.6) is 0 Å². The molecule has 0 bridgehead atoms. The van der Waals surface area contributed by atoms with E-state index >= 15 is 0 Å². The smallest absolute Gasteiger partial charge is 0.0911 e. The topological polar surface area (TPSA) is 0 Å². The molecule has 0 aliphatic carbocycles. The molecule has 0 spiro atoms. The monoisotopic (exact) mass is 286 g/mol. The minimum atomic E-state index is 0.919. The first kappa shape index (κ1) is 12.8. The summed E-state index contributed by atoms with van der Waals surface area (Å²) in [5, 5.41) is 5.02. The Hall–Kier alpha value is -2.27. The summed E-state index contributed by atoms with van der Waals surface area (Å²) in [6, 6.07) is 17.3. The second kappa shape index (κ2) is 5.39. The Kier molecular flexibility index (Phi) is 3.43. The average Bonchev–Trinajstić information content (AvgIpc) is 2.46. The molecule has 0 saturated carbocycles. The number of fused-ring (bicyclic) bond motifs is 2. The zero-order valence-corrected chi connectivity index (χ0v) is 15.6. The third-order valence-corrected chi connectivity index (χ3v) is 3.83. The van der Waals surface area contributed by atoms with Crippen LogP contribution in [0.3, 0.4) is 0 Å². The van der Waals surface area contributed by atoms with Crippen molar-refractivity contribution in [3.63, 3.8) is 0 Å². The summed E-state index contributed by atoms with van der Waals surface area (Å²) in [5.41, 5.74) is 8.37. The zero-order chi connectivity index (χ0) is 13.9. The van der Waals surface area contributed by atoms with E-state index in [2.05, 4.69) is 71.5 Å². The number of rotatable bonds is 0. The molecule has 3 rings (SSSR count). The van der Waals surface area contributed by atoms with Gasteiger partial charge in [-0.1, -0.05) is 24.0 Å². The molecule has 0 saturated heterocycles. The van der Waals surface area contributed by atoms with E-state index in [0.29, 0.717) is 0 Å². The van der Waals surface area contributed by atoms with Crippen LogP contribution >= 0.6 is 0 Å². The second-order valence-corrected chi connectivity index (χ2v) is 5.73. The van der Waals surface area contributed by atoms with Crippen molar-refractivity contribution in [3.8, 4) is 22.9 Å². The van der Waals surface area contributed by atoms with E-state index < -0.39 is 0 Å². The van der Waals surface area contributed by atoms with Gasteiger partial charge in [-0.25, -0.2) is 0 Å². The molecule has 0 aromatic heterocycles. The molecule has 0 radical (unpaired) electrons. The molecule has 0 aliphatic rings. The lowest BCUT2D eigenvalue weighted by atomic mass is 10.0. The van der Waals surface area contributed by atoms with Crippen LogP contribution in [-0.2, 0) is 0 Å². The average molecular weight is 286 g/mol. The Bertz CT molecular complexity index is 852. The predicted molar refractivity (Wildman–Crippen MR) is 95.1 cm³/mol. The van der Waals surface area contributed by atoms with E-state index in [1.807, 2.05) is 0 Å². The van der Waals surface area contributed by atoms with Gasteiger partial charge >= 0.3 is 0 Å². The van der Waals surface area contributed by atoms with Gasteiger partial charge in [0.25, 0.3) is 0 Å². The van der Waals surface area contributed by atoms with Gasteiger partial charge in [0.2, 0.25) is 0 Å². The van der Waals surface area contributed by atoms with Crippen molar-refractivity contribution in [2.45, 2.75) is 0 Å². The van der Waals surface area contributed by atoms with Crippen molar-refractivity contribution in [1.82, 2.24) is 0 Å². The van der Waals surface area contributed by atoms with Crippen molar-refractivity contribution < 1.29 is 0 Å². The lowest BCUT2D eigenvalue weighted by molar-refractivity contribution is 1.69. The Morgan fingerprint density at radius 3 is 1.40 bits per heavy atom. The maximum absolute atomic E-state index is 3.17. The molecule has 0 nitrogen and oxygen atoms in total. The minimum absolute atomic E-state index is 0.919. The fourth-order valence-electron chi connectivity index (χ4n) is 2.44. The summed E-state index contributed by atoms with van der Waals surface area (Å²) in [7, 11) is 1.84. The Morgan fingerprint density at radius 1 is 0.550 bits per heavy atom. The van der Waals surface area contributed by atoms with Gasteiger partial charge in [-0.2, -0.15) is 0 Å². The fourth-order valence-corrected chi connectivity index (χ4v) is 3.02. The molecule has 3 aromatic carbocycles. The molecule has 2 heteroatoms. The van der Waals surface area contributed by atoms with Gasteiger partial charge in [0.15, 0.2) is 0 Å². The van der Waals surface area contributed by atoms with Crippen LogP contribution < -0.4 is 0 Å². The quantitative estimate of drug-likeness (QED) is 0.332. The molecule has 0 fully saturated rings. The van der Waals surface area contributed by atoms with Crippen molar-refractivity contribution in [3.05, 3.63) is 59.7 Å². The third kappa shape index (κ3) is 2.40. The maximum atomic E-state index is 3.17. The van der Waals surface area contributed by atoms with Crippen molar-refractivity contribution >= 4 is 42.0 Å². The molecule has 0 amide bonds. The van der Waals surface area contributed by atoms with E-state index in [-0.39, 0.29) is 0 Å². The highest BCUT2D eigenvalue weighted by molar-refractivity contribution is 6.22. The highest BCUT2D eigenvalue weighted by Crippen LogP contribution is 2.24. The van der Waals surface area contributed by atoms with Crippen LogP contribution in [0.4, 0.5) is 0 Å². The van der Waals surface area contributed by atoms with Crippen molar-refractivity contribution in [2.75, 3.05) is 0 Å². The van der Waals surface area contributed by atoms with E-state index in [1.165, 1.54) is 21.5 Å². The Balaban J connectivity index is 2.25. The normalized spacial score (nSPS) is 10.0. The van der Waals surface area contributed by atoms with Gasteiger partial charge < -0.3 is 0 Å². The van der Waals surface area contributed by atoms with E-state index in [1.54, 1.807) is 0 Å². The SMILES string of the molecule is [SiH3]C#Cc1ccc2cc3cc(C#C[SiH3])ccc3cc2c1. The number of hydrogen-bond donors (Lipinski definition) is 0.